The number of benzene rings is 1. The van der Waals surface area contributed by atoms with Crippen molar-refractivity contribution in [1.82, 2.24) is 5.32 Å². The number of amides is 1. The Morgan fingerprint density at radius 1 is 0.969 bits per heavy atom. The Hall–Kier alpha value is -2.57. The van der Waals surface area contributed by atoms with E-state index in [2.05, 4.69) is 5.32 Å². The van der Waals surface area contributed by atoms with Crippen molar-refractivity contribution < 1.29 is 29.0 Å². The molecule has 7 heteroatoms. The number of esters is 2. The van der Waals surface area contributed by atoms with Gasteiger partial charge in [0.2, 0.25) is 5.91 Å². The third-order valence-corrected chi connectivity index (χ3v) is 5.25. The van der Waals surface area contributed by atoms with Gasteiger partial charge in [-0.1, -0.05) is 53.7 Å². The highest BCUT2D eigenvalue weighted by Crippen LogP contribution is 2.41. The smallest absolute Gasteiger partial charge is 0.329 e. The first-order valence-corrected chi connectivity index (χ1v) is 11.2. The summed E-state index contributed by atoms with van der Waals surface area (Å²) in [6.45, 7) is 15.8. The van der Waals surface area contributed by atoms with Gasteiger partial charge in [0.15, 0.2) is 0 Å². The highest BCUT2D eigenvalue weighted by Gasteiger charge is 2.32. The van der Waals surface area contributed by atoms with E-state index in [1.54, 1.807) is 19.9 Å². The number of carbonyl (C=O) groups is 3. The van der Waals surface area contributed by atoms with E-state index < -0.39 is 18.0 Å². The third-order valence-electron chi connectivity index (χ3n) is 5.25. The maximum Gasteiger partial charge on any atom is 0.329 e. The van der Waals surface area contributed by atoms with E-state index in [4.69, 9.17) is 9.47 Å². The number of rotatable bonds is 9. The zero-order valence-corrected chi connectivity index (χ0v) is 20.7. The molecule has 180 valence electrons. The highest BCUT2D eigenvalue weighted by molar-refractivity contribution is 5.88. The topological polar surface area (TPSA) is 102 Å². The average Bonchev–Trinajstić information content (AvgIpc) is 2.65. The van der Waals surface area contributed by atoms with Crippen LogP contribution in [0.5, 0.6) is 5.75 Å². The largest absolute Gasteiger partial charge is 0.508 e. The summed E-state index contributed by atoms with van der Waals surface area (Å²) in [5.41, 5.74) is 1.19. The second kappa shape index (κ2) is 11.3. The van der Waals surface area contributed by atoms with Gasteiger partial charge in [-0.05, 0) is 47.8 Å². The van der Waals surface area contributed by atoms with Crippen LogP contribution in [0.4, 0.5) is 0 Å². The molecule has 1 rings (SSSR count). The molecule has 0 aliphatic carbocycles. The molecule has 0 heterocycles. The Morgan fingerprint density at radius 3 is 2.06 bits per heavy atom. The number of hydrogen-bond donors (Lipinski definition) is 2. The minimum absolute atomic E-state index is 0.108. The van der Waals surface area contributed by atoms with E-state index in [0.29, 0.717) is 0 Å². The summed E-state index contributed by atoms with van der Waals surface area (Å²) in [7, 11) is 0. The first kappa shape index (κ1) is 27.5. The predicted octanol–water partition coefficient (Wildman–Crippen LogP) is 4.21. The van der Waals surface area contributed by atoms with Crippen molar-refractivity contribution in [3.8, 4) is 5.75 Å². The normalized spacial score (nSPS) is 13.8. The van der Waals surface area contributed by atoms with Crippen LogP contribution in [0.2, 0.25) is 0 Å². The van der Waals surface area contributed by atoms with E-state index in [0.717, 1.165) is 11.1 Å². The number of hydrogen-bond acceptors (Lipinski definition) is 6. The van der Waals surface area contributed by atoms with Gasteiger partial charge in [0.25, 0.3) is 0 Å². The Balaban J connectivity index is 3.15. The molecule has 0 saturated carbocycles. The van der Waals surface area contributed by atoms with Crippen LogP contribution in [-0.4, -0.2) is 42.2 Å². The zero-order valence-electron chi connectivity index (χ0n) is 20.7. The fourth-order valence-corrected chi connectivity index (χ4v) is 3.56. The van der Waals surface area contributed by atoms with Gasteiger partial charge in [0.05, 0.1) is 19.6 Å². The van der Waals surface area contributed by atoms with Crippen molar-refractivity contribution >= 4 is 17.8 Å². The lowest BCUT2D eigenvalue weighted by Gasteiger charge is -2.32. The molecular weight excluding hydrogens is 410 g/mol. The molecule has 0 radical (unpaired) electrons. The summed E-state index contributed by atoms with van der Waals surface area (Å²) in [5.74, 6) is -1.57. The molecule has 2 atom stereocenters. The quantitative estimate of drug-likeness (QED) is 0.548. The maximum atomic E-state index is 13.0. The molecule has 7 nitrogen and oxygen atoms in total. The van der Waals surface area contributed by atoms with Gasteiger partial charge in [-0.15, -0.1) is 0 Å². The van der Waals surface area contributed by atoms with Crippen molar-refractivity contribution in [1.29, 1.82) is 0 Å². The lowest BCUT2D eigenvalue weighted by atomic mass is 9.73. The van der Waals surface area contributed by atoms with E-state index in [1.165, 1.54) is 0 Å². The van der Waals surface area contributed by atoms with Crippen LogP contribution in [0.15, 0.2) is 18.2 Å². The molecule has 32 heavy (non-hydrogen) atoms. The summed E-state index contributed by atoms with van der Waals surface area (Å²) in [6.07, 6.45) is -0.178. The first-order valence-electron chi connectivity index (χ1n) is 11.2. The van der Waals surface area contributed by atoms with Crippen molar-refractivity contribution in [2.24, 2.45) is 5.41 Å². The van der Waals surface area contributed by atoms with Gasteiger partial charge < -0.3 is 19.9 Å². The summed E-state index contributed by atoms with van der Waals surface area (Å²) in [4.78, 5) is 37.2. The standard InChI is InChI=1S/C25H39NO6/c1-9-31-22(29)15-19(23(30)32-10-2)26-21(28)14-17(24(3,4)5)16-11-12-20(27)18(13-16)25(6,7)8/h11-13,17,19,27H,9-10,14-15H2,1-8H3,(H,26,28). The Labute approximate surface area is 191 Å². The number of aromatic hydroxyl groups is 1. The summed E-state index contributed by atoms with van der Waals surface area (Å²) in [6, 6.07) is 4.33. The van der Waals surface area contributed by atoms with E-state index in [1.807, 2.05) is 53.7 Å². The van der Waals surface area contributed by atoms with Gasteiger partial charge in [0, 0.05) is 6.42 Å². The summed E-state index contributed by atoms with van der Waals surface area (Å²) in [5, 5.41) is 13.0. The average molecular weight is 450 g/mol. The van der Waals surface area contributed by atoms with Crippen molar-refractivity contribution in [2.75, 3.05) is 13.2 Å². The van der Waals surface area contributed by atoms with Crippen LogP contribution >= 0.6 is 0 Å². The van der Waals surface area contributed by atoms with Crippen LogP contribution in [0.25, 0.3) is 0 Å². The fraction of sp³-hybridized carbons (Fsp3) is 0.640. The van der Waals surface area contributed by atoms with Crippen molar-refractivity contribution in [2.45, 2.75) is 85.6 Å². The third kappa shape index (κ3) is 8.17. The minimum atomic E-state index is -1.10. The zero-order chi connectivity index (χ0) is 24.7. The summed E-state index contributed by atoms with van der Waals surface area (Å²) < 4.78 is 9.94. The molecular formula is C25H39NO6. The van der Waals surface area contributed by atoms with E-state index >= 15 is 0 Å². The lowest BCUT2D eigenvalue weighted by molar-refractivity contribution is -0.153. The minimum Gasteiger partial charge on any atom is -0.508 e. The van der Waals surface area contributed by atoms with Crippen LogP contribution < -0.4 is 5.32 Å². The molecule has 0 spiro atoms. The van der Waals surface area contributed by atoms with Crippen LogP contribution in [0.3, 0.4) is 0 Å². The van der Waals surface area contributed by atoms with Gasteiger partial charge >= 0.3 is 11.9 Å². The molecule has 2 unspecified atom stereocenters. The van der Waals surface area contributed by atoms with E-state index in [-0.39, 0.29) is 54.5 Å². The molecule has 1 aromatic rings. The molecule has 0 aliphatic rings. The molecule has 0 bridgehead atoms. The van der Waals surface area contributed by atoms with Gasteiger partial charge in [-0.3, -0.25) is 9.59 Å². The second-order valence-corrected chi connectivity index (χ2v) is 10.0. The Bertz CT molecular complexity index is 804. The van der Waals surface area contributed by atoms with Crippen LogP contribution in [0.1, 0.15) is 85.3 Å². The number of nitrogens with one attached hydrogen (secondary N) is 1. The number of phenolic OH excluding ortho intramolecular Hbond substituents is 1. The number of ether oxygens (including phenoxy) is 2. The lowest BCUT2D eigenvalue weighted by Crippen LogP contribution is -2.44. The van der Waals surface area contributed by atoms with Crippen LogP contribution in [-0.2, 0) is 29.3 Å². The molecule has 0 aromatic heterocycles. The Morgan fingerprint density at radius 2 is 1.56 bits per heavy atom. The SMILES string of the molecule is CCOC(=O)CC(NC(=O)CC(c1ccc(O)c(C(C)(C)C)c1)C(C)(C)C)C(=O)OCC. The molecule has 0 fully saturated rings. The molecule has 1 aromatic carbocycles. The van der Waals surface area contributed by atoms with Crippen molar-refractivity contribution in [3.05, 3.63) is 29.3 Å². The number of carbonyl (C=O) groups excluding carboxylic acids is 3. The van der Waals surface area contributed by atoms with Crippen LogP contribution in [0, 0.1) is 5.41 Å². The predicted molar refractivity (Wildman–Crippen MR) is 123 cm³/mol. The molecule has 0 aliphatic heterocycles. The highest BCUT2D eigenvalue weighted by atomic mass is 16.5. The molecule has 0 saturated heterocycles. The van der Waals surface area contributed by atoms with Gasteiger partial charge in [-0.2, -0.15) is 0 Å². The van der Waals surface area contributed by atoms with Gasteiger partial charge in [0.1, 0.15) is 11.8 Å². The van der Waals surface area contributed by atoms with Crippen molar-refractivity contribution in [3.63, 3.8) is 0 Å². The Kier molecular flexibility index (Phi) is 9.73. The summed E-state index contributed by atoms with van der Waals surface area (Å²) >= 11 is 0. The number of phenols is 1. The maximum absolute atomic E-state index is 13.0. The van der Waals surface area contributed by atoms with Gasteiger partial charge in [-0.25, -0.2) is 4.79 Å². The fourth-order valence-electron chi connectivity index (χ4n) is 3.56. The molecule has 1 amide bonds. The molecule has 2 N–H and O–H groups in total. The van der Waals surface area contributed by atoms with E-state index in [9.17, 15) is 19.5 Å². The first-order chi connectivity index (χ1) is 14.7. The monoisotopic (exact) mass is 449 g/mol. The second-order valence-electron chi connectivity index (χ2n) is 10.0.